The Balaban J connectivity index is 1.33. The first kappa shape index (κ1) is 21.0. The first-order chi connectivity index (χ1) is 15.1. The molecule has 7 heteroatoms. The zero-order chi connectivity index (χ0) is 21.8. The van der Waals surface area contributed by atoms with Crippen LogP contribution in [0.15, 0.2) is 66.9 Å². The highest BCUT2D eigenvalue weighted by Crippen LogP contribution is 2.44. The summed E-state index contributed by atoms with van der Waals surface area (Å²) in [4.78, 5) is 16.2. The molecule has 1 amide bonds. The highest BCUT2D eigenvalue weighted by molar-refractivity contribution is 5.79. The number of nitrogens with one attached hydrogen (secondary N) is 1. The largest absolute Gasteiger partial charge is 0.449 e. The molecular formula is C24H24N2O5. The molecule has 2 unspecified atom stereocenters. The number of aromatic nitrogens is 1. The molecule has 160 valence electrons. The second-order valence-electron chi connectivity index (χ2n) is 7.47. The molecule has 1 aromatic heterocycles. The van der Waals surface area contributed by atoms with Crippen molar-refractivity contribution in [2.75, 3.05) is 13.2 Å². The van der Waals surface area contributed by atoms with E-state index in [4.69, 9.17) is 4.74 Å². The van der Waals surface area contributed by atoms with E-state index in [0.717, 1.165) is 22.3 Å². The fourth-order valence-electron chi connectivity index (χ4n) is 3.90. The van der Waals surface area contributed by atoms with Crippen molar-refractivity contribution in [2.45, 2.75) is 24.7 Å². The first-order valence-corrected chi connectivity index (χ1v) is 10.1. The summed E-state index contributed by atoms with van der Waals surface area (Å²) in [5.41, 5.74) is 5.30. The number of fused-ring (bicyclic) bond motifs is 3. The van der Waals surface area contributed by atoms with Crippen molar-refractivity contribution in [3.8, 4) is 11.1 Å². The number of pyridine rings is 1. The van der Waals surface area contributed by atoms with Crippen LogP contribution in [-0.4, -0.2) is 45.7 Å². The Bertz CT molecular complexity index is 1030. The summed E-state index contributed by atoms with van der Waals surface area (Å²) in [5, 5.41) is 32.1. The van der Waals surface area contributed by atoms with Crippen LogP contribution in [0, 0.1) is 0 Å². The molecular weight excluding hydrogens is 396 g/mol. The van der Waals surface area contributed by atoms with Crippen molar-refractivity contribution in [1.29, 1.82) is 0 Å². The lowest BCUT2D eigenvalue weighted by atomic mass is 9.98. The average Bonchev–Trinajstić information content (AvgIpc) is 3.14. The Labute approximate surface area is 180 Å². The molecule has 7 nitrogen and oxygen atoms in total. The van der Waals surface area contributed by atoms with E-state index in [0.29, 0.717) is 5.56 Å². The van der Waals surface area contributed by atoms with Crippen LogP contribution in [0.1, 0.15) is 34.4 Å². The summed E-state index contributed by atoms with van der Waals surface area (Å²) in [5.74, 6) is -0.0564. The van der Waals surface area contributed by atoms with Crippen molar-refractivity contribution < 1.29 is 24.9 Å². The van der Waals surface area contributed by atoms with Crippen molar-refractivity contribution in [1.82, 2.24) is 10.3 Å². The molecule has 2 atom stereocenters. The van der Waals surface area contributed by atoms with Crippen molar-refractivity contribution in [2.24, 2.45) is 0 Å². The van der Waals surface area contributed by atoms with E-state index in [1.165, 1.54) is 12.3 Å². The molecule has 0 saturated heterocycles. The third kappa shape index (κ3) is 4.44. The summed E-state index contributed by atoms with van der Waals surface area (Å²) < 4.78 is 5.42. The number of ether oxygens (including phenoxy) is 1. The number of amides is 1. The SMILES string of the molecule is O=C(NCC(O)C(O)c1cc(CO)ccn1)OCC1c2ccccc2-c2ccccc21. The predicted octanol–water partition coefficient (Wildman–Crippen LogP) is 2.51. The summed E-state index contributed by atoms with van der Waals surface area (Å²) in [6.07, 6.45) is -1.82. The zero-order valence-electron chi connectivity index (χ0n) is 16.8. The lowest BCUT2D eigenvalue weighted by molar-refractivity contribution is 0.0160. The van der Waals surface area contributed by atoms with Gasteiger partial charge in [-0.2, -0.15) is 0 Å². The maximum absolute atomic E-state index is 12.2. The molecule has 0 aliphatic heterocycles. The van der Waals surface area contributed by atoms with Gasteiger partial charge in [0.1, 0.15) is 18.8 Å². The standard InChI is InChI=1S/C24H24N2O5/c27-13-15-9-10-25-21(11-15)23(29)22(28)12-26-24(30)31-14-20-18-7-3-1-5-16(18)17-6-2-4-8-19(17)20/h1-11,20,22-23,27-29H,12-14H2,(H,26,30). The number of rotatable bonds is 7. The molecule has 0 spiro atoms. The van der Waals surface area contributed by atoms with E-state index >= 15 is 0 Å². The minimum absolute atomic E-state index is 0.0564. The maximum atomic E-state index is 12.2. The Morgan fingerprint density at radius 1 is 1.03 bits per heavy atom. The van der Waals surface area contributed by atoms with Gasteiger partial charge in [-0.1, -0.05) is 48.5 Å². The van der Waals surface area contributed by atoms with E-state index in [1.807, 2.05) is 36.4 Å². The predicted molar refractivity (Wildman–Crippen MR) is 114 cm³/mol. The molecule has 4 rings (SSSR count). The molecule has 1 aliphatic rings. The van der Waals surface area contributed by atoms with Crippen LogP contribution in [0.2, 0.25) is 0 Å². The zero-order valence-corrected chi connectivity index (χ0v) is 16.8. The maximum Gasteiger partial charge on any atom is 0.407 e. The molecule has 0 fully saturated rings. The van der Waals surface area contributed by atoms with Crippen LogP contribution < -0.4 is 5.32 Å². The second kappa shape index (κ2) is 9.26. The summed E-state index contributed by atoms with van der Waals surface area (Å²) in [7, 11) is 0. The Morgan fingerprint density at radius 2 is 1.68 bits per heavy atom. The number of aliphatic hydroxyl groups excluding tert-OH is 3. The van der Waals surface area contributed by atoms with Gasteiger partial charge in [-0.3, -0.25) is 4.98 Å². The number of carbonyl (C=O) groups is 1. The lowest BCUT2D eigenvalue weighted by Crippen LogP contribution is -2.36. The number of carbonyl (C=O) groups excluding carboxylic acids is 1. The molecule has 4 N–H and O–H groups in total. The number of aliphatic hydroxyl groups is 3. The van der Waals surface area contributed by atoms with Crippen molar-refractivity contribution in [3.63, 3.8) is 0 Å². The minimum Gasteiger partial charge on any atom is -0.449 e. The van der Waals surface area contributed by atoms with Gasteiger partial charge in [0.25, 0.3) is 0 Å². The topological polar surface area (TPSA) is 112 Å². The molecule has 2 aromatic carbocycles. The molecule has 0 radical (unpaired) electrons. The Hall–Kier alpha value is -3.26. The van der Waals surface area contributed by atoms with Crippen LogP contribution in [0.5, 0.6) is 0 Å². The van der Waals surface area contributed by atoms with Gasteiger partial charge in [-0.15, -0.1) is 0 Å². The number of benzene rings is 2. The fourth-order valence-corrected chi connectivity index (χ4v) is 3.90. The van der Waals surface area contributed by atoms with Crippen LogP contribution in [0.4, 0.5) is 4.79 Å². The van der Waals surface area contributed by atoms with Crippen molar-refractivity contribution in [3.05, 3.63) is 89.2 Å². The van der Waals surface area contributed by atoms with Gasteiger partial charge in [0.2, 0.25) is 0 Å². The van der Waals surface area contributed by atoms with E-state index in [2.05, 4.69) is 22.4 Å². The van der Waals surface area contributed by atoms with Crippen molar-refractivity contribution >= 4 is 6.09 Å². The van der Waals surface area contributed by atoms with E-state index < -0.39 is 18.3 Å². The van der Waals surface area contributed by atoms with Gasteiger partial charge in [0, 0.05) is 18.7 Å². The van der Waals surface area contributed by atoms with E-state index in [9.17, 15) is 20.1 Å². The number of alkyl carbamates (subject to hydrolysis) is 1. The molecule has 0 bridgehead atoms. The van der Waals surface area contributed by atoms with Crippen LogP contribution in [0.25, 0.3) is 11.1 Å². The quantitative estimate of drug-likeness (QED) is 0.467. The molecule has 3 aromatic rings. The normalized spacial score (nSPS) is 14.4. The van der Waals surface area contributed by atoms with Gasteiger partial charge in [0.15, 0.2) is 0 Å². The third-order valence-corrected chi connectivity index (χ3v) is 5.49. The minimum atomic E-state index is -1.31. The van der Waals surface area contributed by atoms with Gasteiger partial charge in [-0.05, 0) is 39.9 Å². The van der Waals surface area contributed by atoms with Crippen LogP contribution >= 0.6 is 0 Å². The van der Waals surface area contributed by atoms with Gasteiger partial charge in [-0.25, -0.2) is 4.79 Å². The molecule has 1 aliphatic carbocycles. The Kier molecular flexibility index (Phi) is 6.27. The third-order valence-electron chi connectivity index (χ3n) is 5.49. The summed E-state index contributed by atoms with van der Waals surface area (Å²) in [6, 6.07) is 19.2. The van der Waals surface area contributed by atoms with Gasteiger partial charge >= 0.3 is 6.09 Å². The molecule has 31 heavy (non-hydrogen) atoms. The molecule has 0 saturated carbocycles. The summed E-state index contributed by atoms with van der Waals surface area (Å²) >= 11 is 0. The van der Waals surface area contributed by atoms with E-state index in [-0.39, 0.29) is 31.4 Å². The second-order valence-corrected chi connectivity index (χ2v) is 7.47. The number of hydrogen-bond donors (Lipinski definition) is 4. The smallest absolute Gasteiger partial charge is 0.407 e. The first-order valence-electron chi connectivity index (χ1n) is 10.1. The number of nitrogens with zero attached hydrogens (tertiary/aromatic N) is 1. The monoisotopic (exact) mass is 420 g/mol. The van der Waals surface area contributed by atoms with E-state index in [1.54, 1.807) is 6.07 Å². The number of hydrogen-bond acceptors (Lipinski definition) is 6. The van der Waals surface area contributed by atoms with Gasteiger partial charge in [0.05, 0.1) is 12.3 Å². The Morgan fingerprint density at radius 3 is 2.32 bits per heavy atom. The van der Waals surface area contributed by atoms with Crippen LogP contribution in [0.3, 0.4) is 0 Å². The lowest BCUT2D eigenvalue weighted by Gasteiger charge is -2.19. The highest BCUT2D eigenvalue weighted by Gasteiger charge is 2.29. The van der Waals surface area contributed by atoms with Crippen LogP contribution in [-0.2, 0) is 11.3 Å². The highest BCUT2D eigenvalue weighted by atomic mass is 16.5. The fraction of sp³-hybridized carbons (Fsp3) is 0.250. The summed E-state index contributed by atoms with van der Waals surface area (Å²) in [6.45, 7) is -0.238. The molecule has 1 heterocycles. The average molecular weight is 420 g/mol. The van der Waals surface area contributed by atoms with Gasteiger partial charge < -0.3 is 25.4 Å².